The van der Waals surface area contributed by atoms with Crippen molar-refractivity contribution in [1.82, 2.24) is 0 Å². The highest BCUT2D eigenvalue weighted by Gasteiger charge is 2.44. The highest BCUT2D eigenvalue weighted by atomic mass is 16.6. The average Bonchev–Trinajstić information content (AvgIpc) is 2.90. The van der Waals surface area contributed by atoms with Crippen molar-refractivity contribution in [1.29, 1.82) is 0 Å². The SMILES string of the molecule is COC(=O)C1C(=O)C2=C(CC1C)Nc1ccccc1NC2c1ccc(C)c([N+](=O)[O-])c1. The van der Waals surface area contributed by atoms with Crippen LogP contribution in [0.5, 0.6) is 0 Å². The minimum absolute atomic E-state index is 0.0203. The summed E-state index contributed by atoms with van der Waals surface area (Å²) in [5.74, 6) is -2.07. The molecule has 8 heteroatoms. The predicted molar refractivity (Wildman–Crippen MR) is 116 cm³/mol. The Kier molecular flexibility index (Phi) is 5.22. The number of nitro groups is 1. The van der Waals surface area contributed by atoms with Gasteiger partial charge in [-0.25, -0.2) is 0 Å². The standard InChI is InChI=1S/C23H23N3O5/c1-12-8-9-14(11-18(12)26(29)30)21-20-17(24-15-6-4-5-7-16(15)25-21)10-13(2)19(22(20)27)23(28)31-3/h4-9,11,13,19,21,24-25H,10H2,1-3H3. The van der Waals surface area contributed by atoms with Crippen LogP contribution in [-0.4, -0.2) is 23.8 Å². The van der Waals surface area contributed by atoms with E-state index in [9.17, 15) is 19.7 Å². The normalized spacial score (nSPS) is 22.4. The van der Waals surface area contributed by atoms with Crippen LogP contribution in [0.15, 0.2) is 53.7 Å². The number of methoxy groups -OCH3 is 1. The van der Waals surface area contributed by atoms with Crippen molar-refractivity contribution < 1.29 is 19.2 Å². The number of Topliss-reactive ketones (excluding diaryl/α,β-unsaturated/α-hetero) is 1. The molecule has 2 aromatic rings. The molecular weight excluding hydrogens is 398 g/mol. The van der Waals surface area contributed by atoms with E-state index in [-0.39, 0.29) is 17.4 Å². The molecule has 0 radical (unpaired) electrons. The quantitative estimate of drug-likeness (QED) is 0.332. The van der Waals surface area contributed by atoms with Crippen LogP contribution >= 0.6 is 0 Å². The number of nitrogens with one attached hydrogen (secondary N) is 2. The zero-order chi connectivity index (χ0) is 22.3. The first-order valence-electron chi connectivity index (χ1n) is 10.0. The van der Waals surface area contributed by atoms with Crippen LogP contribution in [0.3, 0.4) is 0 Å². The van der Waals surface area contributed by atoms with Crippen molar-refractivity contribution in [3.8, 4) is 0 Å². The number of nitrogens with zero attached hydrogens (tertiary/aromatic N) is 1. The van der Waals surface area contributed by atoms with E-state index in [1.165, 1.54) is 13.2 Å². The Balaban J connectivity index is 1.90. The second-order valence-electron chi connectivity index (χ2n) is 7.99. The molecule has 2 N–H and O–H groups in total. The third-order valence-electron chi connectivity index (χ3n) is 5.99. The summed E-state index contributed by atoms with van der Waals surface area (Å²) in [6, 6.07) is 11.8. The summed E-state index contributed by atoms with van der Waals surface area (Å²) in [6.07, 6.45) is 0.474. The molecule has 0 saturated heterocycles. The second-order valence-corrected chi connectivity index (χ2v) is 7.99. The lowest BCUT2D eigenvalue weighted by Crippen LogP contribution is -2.39. The number of esters is 1. The lowest BCUT2D eigenvalue weighted by Gasteiger charge is -2.32. The molecule has 1 aliphatic heterocycles. The molecule has 3 unspecified atom stereocenters. The molecule has 0 saturated carbocycles. The summed E-state index contributed by atoms with van der Waals surface area (Å²) in [5.41, 5.74) is 3.77. The van der Waals surface area contributed by atoms with Crippen molar-refractivity contribution in [2.45, 2.75) is 26.3 Å². The molecule has 0 bridgehead atoms. The number of fused-ring (bicyclic) bond motifs is 1. The minimum atomic E-state index is -0.920. The van der Waals surface area contributed by atoms with Gasteiger partial charge in [0.15, 0.2) is 5.78 Å². The van der Waals surface area contributed by atoms with Crippen LogP contribution in [-0.2, 0) is 14.3 Å². The van der Waals surface area contributed by atoms with Crippen molar-refractivity contribution >= 4 is 28.8 Å². The number of aryl methyl sites for hydroxylation is 1. The van der Waals surface area contributed by atoms with Gasteiger partial charge in [0.2, 0.25) is 0 Å². The van der Waals surface area contributed by atoms with E-state index in [0.717, 1.165) is 11.4 Å². The fourth-order valence-electron chi connectivity index (χ4n) is 4.39. The first-order chi connectivity index (χ1) is 14.8. The maximum atomic E-state index is 13.6. The Labute approximate surface area is 179 Å². The summed E-state index contributed by atoms with van der Waals surface area (Å²) >= 11 is 0. The molecule has 3 atom stereocenters. The molecule has 8 nitrogen and oxygen atoms in total. The van der Waals surface area contributed by atoms with Crippen LogP contribution in [0.1, 0.15) is 30.5 Å². The van der Waals surface area contributed by atoms with Gasteiger partial charge >= 0.3 is 5.97 Å². The first-order valence-corrected chi connectivity index (χ1v) is 10.0. The molecule has 2 aromatic carbocycles. The van der Waals surface area contributed by atoms with E-state index < -0.39 is 22.9 Å². The fraction of sp³-hybridized carbons (Fsp3) is 0.304. The first kappa shape index (κ1) is 20.6. The second kappa shape index (κ2) is 7.86. The summed E-state index contributed by atoms with van der Waals surface area (Å²) in [7, 11) is 1.27. The number of rotatable bonds is 3. The van der Waals surface area contributed by atoms with Gasteiger partial charge in [0, 0.05) is 22.9 Å². The number of carbonyl (C=O) groups is 2. The van der Waals surface area contributed by atoms with Gasteiger partial charge in [-0.2, -0.15) is 0 Å². The van der Waals surface area contributed by atoms with E-state index in [2.05, 4.69) is 10.6 Å². The van der Waals surface area contributed by atoms with Gasteiger partial charge < -0.3 is 15.4 Å². The van der Waals surface area contributed by atoms with Gasteiger partial charge in [-0.15, -0.1) is 0 Å². The van der Waals surface area contributed by atoms with Gasteiger partial charge in [0.05, 0.1) is 29.4 Å². The monoisotopic (exact) mass is 421 g/mol. The molecule has 160 valence electrons. The van der Waals surface area contributed by atoms with Crippen LogP contribution in [0.2, 0.25) is 0 Å². The van der Waals surface area contributed by atoms with E-state index in [0.29, 0.717) is 28.8 Å². The van der Waals surface area contributed by atoms with Gasteiger partial charge in [-0.1, -0.05) is 31.2 Å². The number of allylic oxidation sites excluding steroid dienone is 1. The summed E-state index contributed by atoms with van der Waals surface area (Å²) in [6.45, 7) is 3.52. The third kappa shape index (κ3) is 3.54. The van der Waals surface area contributed by atoms with Gasteiger partial charge in [-0.3, -0.25) is 19.7 Å². The third-order valence-corrected chi connectivity index (χ3v) is 5.99. The number of ketones is 1. The predicted octanol–water partition coefficient (Wildman–Crippen LogP) is 4.13. The Morgan fingerprint density at radius 1 is 1.19 bits per heavy atom. The maximum Gasteiger partial charge on any atom is 0.316 e. The maximum absolute atomic E-state index is 13.6. The van der Waals surface area contributed by atoms with Gasteiger partial charge in [0.1, 0.15) is 5.92 Å². The number of para-hydroxylation sites is 2. The molecular formula is C23H23N3O5. The summed E-state index contributed by atoms with van der Waals surface area (Å²) < 4.78 is 4.90. The smallest absolute Gasteiger partial charge is 0.316 e. The highest BCUT2D eigenvalue weighted by molar-refractivity contribution is 6.11. The number of hydrogen-bond acceptors (Lipinski definition) is 7. The molecule has 4 rings (SSSR count). The van der Waals surface area contributed by atoms with Crippen LogP contribution in [0.4, 0.5) is 17.1 Å². The molecule has 2 aliphatic rings. The lowest BCUT2D eigenvalue weighted by molar-refractivity contribution is -0.385. The largest absolute Gasteiger partial charge is 0.468 e. The Bertz CT molecular complexity index is 1120. The minimum Gasteiger partial charge on any atom is -0.468 e. The molecule has 0 amide bonds. The summed E-state index contributed by atoms with van der Waals surface area (Å²) in [5, 5.41) is 18.3. The van der Waals surface area contributed by atoms with E-state index >= 15 is 0 Å². The average molecular weight is 421 g/mol. The fourth-order valence-corrected chi connectivity index (χ4v) is 4.39. The number of hydrogen-bond donors (Lipinski definition) is 2. The molecule has 31 heavy (non-hydrogen) atoms. The summed E-state index contributed by atoms with van der Waals surface area (Å²) in [4.78, 5) is 37.1. The van der Waals surface area contributed by atoms with Crippen LogP contribution in [0, 0.1) is 28.9 Å². The number of ether oxygens (including phenoxy) is 1. The molecule has 1 heterocycles. The topological polar surface area (TPSA) is 111 Å². The van der Waals surface area contributed by atoms with Crippen molar-refractivity contribution in [3.05, 3.63) is 75.0 Å². The van der Waals surface area contributed by atoms with Gasteiger partial charge in [0.25, 0.3) is 5.69 Å². The van der Waals surface area contributed by atoms with Gasteiger partial charge in [-0.05, 0) is 37.0 Å². The number of anilines is 2. The highest BCUT2D eigenvalue weighted by Crippen LogP contribution is 2.44. The van der Waals surface area contributed by atoms with Crippen LogP contribution in [0.25, 0.3) is 0 Å². The van der Waals surface area contributed by atoms with E-state index in [1.54, 1.807) is 19.1 Å². The van der Waals surface area contributed by atoms with Crippen molar-refractivity contribution in [3.63, 3.8) is 0 Å². The number of benzene rings is 2. The number of nitro benzene ring substituents is 1. The molecule has 0 aromatic heterocycles. The van der Waals surface area contributed by atoms with Crippen LogP contribution < -0.4 is 10.6 Å². The Morgan fingerprint density at radius 3 is 2.58 bits per heavy atom. The number of carbonyl (C=O) groups excluding carboxylic acids is 2. The Morgan fingerprint density at radius 2 is 1.90 bits per heavy atom. The lowest BCUT2D eigenvalue weighted by atomic mass is 9.74. The van der Waals surface area contributed by atoms with E-state index in [4.69, 9.17) is 4.74 Å². The molecule has 0 spiro atoms. The molecule has 1 aliphatic carbocycles. The zero-order valence-electron chi connectivity index (χ0n) is 17.5. The Hall–Kier alpha value is -3.68. The molecule has 0 fully saturated rings. The zero-order valence-corrected chi connectivity index (χ0v) is 17.5. The van der Waals surface area contributed by atoms with E-state index in [1.807, 2.05) is 31.2 Å². The van der Waals surface area contributed by atoms with Crippen molar-refractivity contribution in [2.75, 3.05) is 17.7 Å². The van der Waals surface area contributed by atoms with Crippen molar-refractivity contribution in [2.24, 2.45) is 11.8 Å².